The van der Waals surface area contributed by atoms with Crippen molar-refractivity contribution in [3.8, 4) is 17.6 Å². The predicted molar refractivity (Wildman–Crippen MR) is 70.5 cm³/mol. The van der Waals surface area contributed by atoms with Crippen LogP contribution in [0.5, 0.6) is 17.6 Å². The van der Waals surface area contributed by atoms with Crippen LogP contribution in [0, 0.1) is 5.82 Å². The SMILES string of the molecule is COc1nc(Oc2cc(Br)ccc2F)ncc1Br. The highest BCUT2D eigenvalue weighted by atomic mass is 79.9. The second-order valence-electron chi connectivity index (χ2n) is 3.19. The Morgan fingerprint density at radius 1 is 1.28 bits per heavy atom. The first-order valence-electron chi connectivity index (χ1n) is 4.79. The van der Waals surface area contributed by atoms with Gasteiger partial charge in [-0.1, -0.05) is 15.9 Å². The maximum absolute atomic E-state index is 13.5. The molecular formula is C11H7Br2FN2O2. The number of halogens is 3. The molecule has 0 aliphatic carbocycles. The van der Waals surface area contributed by atoms with E-state index in [4.69, 9.17) is 9.47 Å². The number of methoxy groups -OCH3 is 1. The van der Waals surface area contributed by atoms with Crippen LogP contribution in [0.4, 0.5) is 4.39 Å². The summed E-state index contributed by atoms with van der Waals surface area (Å²) in [6.45, 7) is 0. The van der Waals surface area contributed by atoms with Gasteiger partial charge in [0.25, 0.3) is 0 Å². The molecule has 1 aromatic heterocycles. The molecule has 0 saturated heterocycles. The van der Waals surface area contributed by atoms with Crippen molar-refractivity contribution in [1.29, 1.82) is 0 Å². The van der Waals surface area contributed by atoms with Crippen LogP contribution in [0.15, 0.2) is 33.3 Å². The molecule has 2 rings (SSSR count). The monoisotopic (exact) mass is 376 g/mol. The van der Waals surface area contributed by atoms with Gasteiger partial charge in [0.15, 0.2) is 11.6 Å². The quantitative estimate of drug-likeness (QED) is 0.812. The summed E-state index contributed by atoms with van der Waals surface area (Å²) in [6, 6.07) is 4.36. The standard InChI is InChI=1S/C11H7Br2FN2O2/c1-17-10-7(13)5-15-11(16-10)18-9-4-6(12)2-3-8(9)14/h2-5H,1H3. The van der Waals surface area contributed by atoms with Crippen molar-refractivity contribution in [2.75, 3.05) is 7.11 Å². The Morgan fingerprint density at radius 3 is 2.78 bits per heavy atom. The fraction of sp³-hybridized carbons (Fsp3) is 0.0909. The molecule has 1 aromatic carbocycles. The molecule has 0 aliphatic rings. The summed E-state index contributed by atoms with van der Waals surface area (Å²) >= 11 is 6.44. The van der Waals surface area contributed by atoms with E-state index >= 15 is 0 Å². The highest BCUT2D eigenvalue weighted by molar-refractivity contribution is 9.10. The number of ether oxygens (including phenoxy) is 2. The molecule has 0 amide bonds. The predicted octanol–water partition coefficient (Wildman–Crippen LogP) is 3.94. The van der Waals surface area contributed by atoms with Crippen molar-refractivity contribution in [1.82, 2.24) is 9.97 Å². The van der Waals surface area contributed by atoms with Gasteiger partial charge in [-0.2, -0.15) is 4.98 Å². The Balaban J connectivity index is 2.31. The summed E-state index contributed by atoms with van der Waals surface area (Å²) in [5, 5.41) is 0. The topological polar surface area (TPSA) is 44.2 Å². The molecule has 7 heteroatoms. The number of hydrogen-bond acceptors (Lipinski definition) is 4. The molecule has 94 valence electrons. The van der Waals surface area contributed by atoms with E-state index in [0.717, 1.165) is 0 Å². The van der Waals surface area contributed by atoms with E-state index in [1.807, 2.05) is 0 Å². The first-order valence-corrected chi connectivity index (χ1v) is 6.38. The Hall–Kier alpha value is -1.21. The maximum Gasteiger partial charge on any atom is 0.325 e. The van der Waals surface area contributed by atoms with E-state index in [1.165, 1.54) is 25.4 Å². The van der Waals surface area contributed by atoms with Gasteiger partial charge in [0, 0.05) is 4.47 Å². The first-order chi connectivity index (χ1) is 8.60. The van der Waals surface area contributed by atoms with E-state index in [0.29, 0.717) is 14.8 Å². The van der Waals surface area contributed by atoms with Gasteiger partial charge in [-0.15, -0.1) is 0 Å². The van der Waals surface area contributed by atoms with Crippen molar-refractivity contribution in [2.45, 2.75) is 0 Å². The molecule has 0 saturated carbocycles. The van der Waals surface area contributed by atoms with Gasteiger partial charge in [0.1, 0.15) is 0 Å². The highest BCUT2D eigenvalue weighted by Gasteiger charge is 2.10. The summed E-state index contributed by atoms with van der Waals surface area (Å²) in [4.78, 5) is 7.88. The minimum absolute atomic E-state index is 0.00653. The lowest BCUT2D eigenvalue weighted by molar-refractivity contribution is 0.366. The molecular weight excluding hydrogens is 371 g/mol. The average Bonchev–Trinajstić information content (AvgIpc) is 2.36. The van der Waals surface area contributed by atoms with Crippen LogP contribution >= 0.6 is 31.9 Å². The smallest absolute Gasteiger partial charge is 0.325 e. The fourth-order valence-electron chi connectivity index (χ4n) is 1.18. The third kappa shape index (κ3) is 2.97. The second-order valence-corrected chi connectivity index (χ2v) is 4.96. The normalized spacial score (nSPS) is 10.2. The summed E-state index contributed by atoms with van der Waals surface area (Å²) in [6.07, 6.45) is 1.47. The minimum atomic E-state index is -0.497. The third-order valence-corrected chi connectivity index (χ3v) is 3.01. The summed E-state index contributed by atoms with van der Waals surface area (Å²) in [5.41, 5.74) is 0. The van der Waals surface area contributed by atoms with Gasteiger partial charge in [-0.05, 0) is 34.1 Å². The Kier molecular flexibility index (Phi) is 4.13. The van der Waals surface area contributed by atoms with Crippen LogP contribution in [0.25, 0.3) is 0 Å². The molecule has 1 heterocycles. The van der Waals surface area contributed by atoms with E-state index in [1.54, 1.807) is 6.07 Å². The Labute approximate surface area is 119 Å². The molecule has 4 nitrogen and oxygen atoms in total. The van der Waals surface area contributed by atoms with Crippen LogP contribution in [-0.2, 0) is 0 Å². The van der Waals surface area contributed by atoms with Gasteiger partial charge < -0.3 is 9.47 Å². The fourth-order valence-corrected chi connectivity index (χ4v) is 1.88. The zero-order valence-electron chi connectivity index (χ0n) is 9.15. The summed E-state index contributed by atoms with van der Waals surface area (Å²) < 4.78 is 25.0. The van der Waals surface area contributed by atoms with Crippen LogP contribution in [0.3, 0.4) is 0 Å². The lowest BCUT2D eigenvalue weighted by atomic mass is 10.3. The molecule has 0 aliphatic heterocycles. The third-order valence-electron chi connectivity index (χ3n) is 1.98. The molecule has 0 atom stereocenters. The maximum atomic E-state index is 13.5. The highest BCUT2D eigenvalue weighted by Crippen LogP contribution is 2.28. The van der Waals surface area contributed by atoms with Crippen molar-refractivity contribution in [3.05, 3.63) is 39.2 Å². The number of rotatable bonds is 3. The molecule has 2 aromatic rings. The number of nitrogens with zero attached hydrogens (tertiary/aromatic N) is 2. The van der Waals surface area contributed by atoms with E-state index in [9.17, 15) is 4.39 Å². The minimum Gasteiger partial charge on any atom is -0.480 e. The zero-order valence-corrected chi connectivity index (χ0v) is 12.3. The lowest BCUT2D eigenvalue weighted by Gasteiger charge is -2.07. The van der Waals surface area contributed by atoms with Crippen molar-refractivity contribution in [3.63, 3.8) is 0 Å². The first kappa shape index (κ1) is 13.2. The van der Waals surface area contributed by atoms with Crippen LogP contribution < -0.4 is 9.47 Å². The molecule has 0 fully saturated rings. The van der Waals surface area contributed by atoms with Gasteiger partial charge >= 0.3 is 6.01 Å². The lowest BCUT2D eigenvalue weighted by Crippen LogP contribution is -1.97. The van der Waals surface area contributed by atoms with Gasteiger partial charge in [-0.3, -0.25) is 0 Å². The number of benzene rings is 1. The van der Waals surface area contributed by atoms with Crippen molar-refractivity contribution >= 4 is 31.9 Å². The van der Waals surface area contributed by atoms with Crippen molar-refractivity contribution < 1.29 is 13.9 Å². The molecule has 0 radical (unpaired) electrons. The van der Waals surface area contributed by atoms with Gasteiger partial charge in [0.05, 0.1) is 17.8 Å². The molecule has 0 spiro atoms. The zero-order chi connectivity index (χ0) is 13.1. The average molecular weight is 378 g/mol. The van der Waals surface area contributed by atoms with E-state index in [-0.39, 0.29) is 11.8 Å². The summed E-state index contributed by atoms with van der Waals surface area (Å²) in [7, 11) is 1.47. The number of aromatic nitrogens is 2. The van der Waals surface area contributed by atoms with Gasteiger partial charge in [0.2, 0.25) is 5.88 Å². The molecule has 18 heavy (non-hydrogen) atoms. The van der Waals surface area contributed by atoms with E-state index in [2.05, 4.69) is 41.8 Å². The van der Waals surface area contributed by atoms with Crippen LogP contribution in [0.2, 0.25) is 0 Å². The van der Waals surface area contributed by atoms with Gasteiger partial charge in [-0.25, -0.2) is 9.37 Å². The molecule has 0 unspecified atom stereocenters. The van der Waals surface area contributed by atoms with Crippen LogP contribution in [-0.4, -0.2) is 17.1 Å². The number of hydrogen-bond donors (Lipinski definition) is 0. The molecule has 0 N–H and O–H groups in total. The Morgan fingerprint density at radius 2 is 2.06 bits per heavy atom. The Bertz CT molecular complexity index is 581. The van der Waals surface area contributed by atoms with Crippen molar-refractivity contribution in [2.24, 2.45) is 0 Å². The van der Waals surface area contributed by atoms with Crippen LogP contribution in [0.1, 0.15) is 0 Å². The second kappa shape index (κ2) is 5.62. The molecule has 0 bridgehead atoms. The largest absolute Gasteiger partial charge is 0.480 e. The van der Waals surface area contributed by atoms with E-state index < -0.39 is 5.82 Å². The summed E-state index contributed by atoms with van der Waals surface area (Å²) in [5.74, 6) is -0.146.